The molecule has 0 spiro atoms. The van der Waals surface area contributed by atoms with Crippen molar-refractivity contribution in [2.24, 2.45) is 0 Å². The average molecular weight is 295 g/mol. The maximum Gasteiger partial charge on any atom is 0.262 e. The van der Waals surface area contributed by atoms with E-state index in [-0.39, 0.29) is 23.3 Å². The Kier molecular flexibility index (Phi) is 4.42. The van der Waals surface area contributed by atoms with Crippen molar-refractivity contribution in [3.05, 3.63) is 53.3 Å². The van der Waals surface area contributed by atoms with Gasteiger partial charge in [-0.3, -0.25) is 4.79 Å². The van der Waals surface area contributed by atoms with E-state index in [0.29, 0.717) is 11.4 Å². The molecular weight excluding hydrogens is 283 g/mol. The molecule has 2 aromatic rings. The third-order valence-electron chi connectivity index (χ3n) is 2.42. The van der Waals surface area contributed by atoms with Crippen LogP contribution in [0.2, 0.25) is 5.02 Å². The van der Waals surface area contributed by atoms with Crippen LogP contribution in [-0.4, -0.2) is 12.5 Å². The molecular formula is C14H12ClFN2O2. The zero-order valence-corrected chi connectivity index (χ0v) is 11.2. The summed E-state index contributed by atoms with van der Waals surface area (Å²) in [5.74, 6) is -0.585. The lowest BCUT2D eigenvalue weighted by Crippen LogP contribution is -2.20. The summed E-state index contributed by atoms with van der Waals surface area (Å²) in [5, 5.41) is 2.74. The number of ether oxygens (including phenoxy) is 1. The van der Waals surface area contributed by atoms with Crippen LogP contribution in [0.25, 0.3) is 0 Å². The molecule has 2 rings (SSSR count). The number of hydrogen-bond donors (Lipinski definition) is 2. The van der Waals surface area contributed by atoms with Gasteiger partial charge in [-0.25, -0.2) is 4.39 Å². The van der Waals surface area contributed by atoms with E-state index in [4.69, 9.17) is 22.1 Å². The number of rotatable bonds is 4. The number of amides is 1. The summed E-state index contributed by atoms with van der Waals surface area (Å²) in [5.41, 5.74) is 6.72. The van der Waals surface area contributed by atoms with E-state index in [1.807, 2.05) is 0 Å². The zero-order valence-electron chi connectivity index (χ0n) is 10.4. The van der Waals surface area contributed by atoms with Gasteiger partial charge in [0.15, 0.2) is 6.61 Å². The molecule has 1 amide bonds. The van der Waals surface area contributed by atoms with E-state index >= 15 is 0 Å². The second-order valence-corrected chi connectivity index (χ2v) is 4.44. The van der Waals surface area contributed by atoms with Crippen LogP contribution in [-0.2, 0) is 4.79 Å². The molecule has 20 heavy (non-hydrogen) atoms. The van der Waals surface area contributed by atoms with Crippen LogP contribution in [0.15, 0.2) is 42.5 Å². The molecule has 0 radical (unpaired) electrons. The zero-order chi connectivity index (χ0) is 14.5. The summed E-state index contributed by atoms with van der Waals surface area (Å²) >= 11 is 5.78. The van der Waals surface area contributed by atoms with Crippen LogP contribution in [0.4, 0.5) is 15.8 Å². The molecule has 3 N–H and O–H groups in total. The largest absolute Gasteiger partial charge is 0.482 e. The van der Waals surface area contributed by atoms with Gasteiger partial charge in [0.05, 0.1) is 5.02 Å². The molecule has 0 aliphatic heterocycles. The van der Waals surface area contributed by atoms with Crippen LogP contribution in [0.3, 0.4) is 0 Å². The first-order chi connectivity index (χ1) is 9.54. The molecule has 2 aromatic carbocycles. The molecule has 4 nitrogen and oxygen atoms in total. The maximum atomic E-state index is 12.8. The highest BCUT2D eigenvalue weighted by Gasteiger charge is 2.07. The van der Waals surface area contributed by atoms with Gasteiger partial charge in [0.1, 0.15) is 11.6 Å². The lowest BCUT2D eigenvalue weighted by Gasteiger charge is -2.09. The highest BCUT2D eigenvalue weighted by Crippen LogP contribution is 2.24. The molecule has 0 aromatic heterocycles. The summed E-state index contributed by atoms with van der Waals surface area (Å²) in [6.07, 6.45) is 0. The van der Waals surface area contributed by atoms with Gasteiger partial charge in [-0.2, -0.15) is 0 Å². The molecule has 0 heterocycles. The van der Waals surface area contributed by atoms with Gasteiger partial charge in [-0.1, -0.05) is 17.7 Å². The number of carbonyl (C=O) groups is 1. The van der Waals surface area contributed by atoms with Gasteiger partial charge < -0.3 is 15.8 Å². The lowest BCUT2D eigenvalue weighted by molar-refractivity contribution is -0.118. The Balaban J connectivity index is 1.92. The summed E-state index contributed by atoms with van der Waals surface area (Å²) in [6.45, 7) is -0.236. The van der Waals surface area contributed by atoms with Gasteiger partial charge in [0.25, 0.3) is 5.91 Å². The Labute approximate surface area is 120 Å². The quantitative estimate of drug-likeness (QED) is 0.852. The summed E-state index contributed by atoms with van der Waals surface area (Å²) in [7, 11) is 0. The Morgan fingerprint density at radius 1 is 1.30 bits per heavy atom. The highest BCUT2D eigenvalue weighted by molar-refractivity contribution is 6.32. The van der Waals surface area contributed by atoms with E-state index < -0.39 is 5.82 Å². The van der Waals surface area contributed by atoms with Crippen molar-refractivity contribution >= 4 is 28.9 Å². The number of anilines is 2. The minimum Gasteiger partial charge on any atom is -0.482 e. The Bertz CT molecular complexity index is 634. The van der Waals surface area contributed by atoms with Gasteiger partial charge in [0.2, 0.25) is 0 Å². The molecule has 0 unspecified atom stereocenters. The highest BCUT2D eigenvalue weighted by atomic mass is 35.5. The summed E-state index contributed by atoms with van der Waals surface area (Å²) in [4.78, 5) is 11.7. The van der Waals surface area contributed by atoms with Crippen LogP contribution in [0, 0.1) is 5.82 Å². The van der Waals surface area contributed by atoms with Gasteiger partial charge in [-0.05, 0) is 36.4 Å². The van der Waals surface area contributed by atoms with Gasteiger partial charge in [-0.15, -0.1) is 0 Å². The first-order valence-electron chi connectivity index (χ1n) is 5.78. The Hall–Kier alpha value is -2.27. The normalized spacial score (nSPS) is 10.1. The predicted octanol–water partition coefficient (Wildman–Crippen LogP) is 3.08. The van der Waals surface area contributed by atoms with E-state index in [1.54, 1.807) is 24.3 Å². The van der Waals surface area contributed by atoms with Gasteiger partial charge >= 0.3 is 0 Å². The van der Waals surface area contributed by atoms with Crippen molar-refractivity contribution in [3.63, 3.8) is 0 Å². The Morgan fingerprint density at radius 3 is 2.80 bits per heavy atom. The van der Waals surface area contributed by atoms with Crippen molar-refractivity contribution in [3.8, 4) is 5.75 Å². The van der Waals surface area contributed by atoms with E-state index in [2.05, 4.69) is 5.32 Å². The van der Waals surface area contributed by atoms with Gasteiger partial charge in [0, 0.05) is 11.4 Å². The molecule has 0 aliphatic carbocycles. The predicted molar refractivity (Wildman–Crippen MR) is 76.4 cm³/mol. The standard InChI is InChI=1S/C14H12ClFN2O2/c15-12-6-9(16)4-5-13(12)20-8-14(19)18-11-3-1-2-10(17)7-11/h1-7H,8,17H2,(H,18,19). The summed E-state index contributed by atoms with van der Waals surface area (Å²) in [6, 6.07) is 10.5. The number of carbonyl (C=O) groups excluding carboxylic acids is 1. The minimum absolute atomic E-state index is 0.113. The molecule has 104 valence electrons. The number of hydrogen-bond acceptors (Lipinski definition) is 3. The molecule has 0 bridgehead atoms. The topological polar surface area (TPSA) is 64.3 Å². The molecule has 0 atom stereocenters. The molecule has 0 saturated carbocycles. The van der Waals surface area contributed by atoms with E-state index in [1.165, 1.54) is 12.1 Å². The van der Waals surface area contributed by atoms with Crippen LogP contribution < -0.4 is 15.8 Å². The second-order valence-electron chi connectivity index (χ2n) is 4.04. The van der Waals surface area contributed by atoms with Crippen LogP contribution in [0.5, 0.6) is 5.75 Å². The number of nitrogens with one attached hydrogen (secondary N) is 1. The molecule has 6 heteroatoms. The number of nitrogen functional groups attached to an aromatic ring is 1. The van der Waals surface area contributed by atoms with Crippen molar-refractivity contribution in [2.75, 3.05) is 17.7 Å². The van der Waals surface area contributed by atoms with Crippen LogP contribution >= 0.6 is 11.6 Å². The smallest absolute Gasteiger partial charge is 0.262 e. The van der Waals surface area contributed by atoms with E-state index in [9.17, 15) is 9.18 Å². The van der Waals surface area contributed by atoms with Crippen molar-refractivity contribution in [1.82, 2.24) is 0 Å². The fourth-order valence-corrected chi connectivity index (χ4v) is 1.77. The lowest BCUT2D eigenvalue weighted by atomic mass is 10.3. The Morgan fingerprint density at radius 2 is 2.10 bits per heavy atom. The monoisotopic (exact) mass is 294 g/mol. The first kappa shape index (κ1) is 14.1. The number of benzene rings is 2. The second kappa shape index (κ2) is 6.25. The fraction of sp³-hybridized carbons (Fsp3) is 0.0714. The first-order valence-corrected chi connectivity index (χ1v) is 6.15. The SMILES string of the molecule is Nc1cccc(NC(=O)COc2ccc(F)cc2Cl)c1. The third kappa shape index (κ3) is 3.86. The molecule has 0 saturated heterocycles. The van der Waals surface area contributed by atoms with Crippen molar-refractivity contribution in [2.45, 2.75) is 0 Å². The minimum atomic E-state index is -0.466. The van der Waals surface area contributed by atoms with Crippen molar-refractivity contribution in [1.29, 1.82) is 0 Å². The molecule has 0 fully saturated rings. The average Bonchev–Trinajstić information content (AvgIpc) is 2.37. The summed E-state index contributed by atoms with van der Waals surface area (Å²) < 4.78 is 18.1. The number of nitrogens with two attached hydrogens (primary N) is 1. The number of halogens is 2. The molecule has 0 aliphatic rings. The van der Waals surface area contributed by atoms with Crippen molar-refractivity contribution < 1.29 is 13.9 Å². The third-order valence-corrected chi connectivity index (χ3v) is 2.72. The van der Waals surface area contributed by atoms with Crippen LogP contribution in [0.1, 0.15) is 0 Å². The fourth-order valence-electron chi connectivity index (χ4n) is 1.55. The maximum absolute atomic E-state index is 12.8. The van der Waals surface area contributed by atoms with E-state index in [0.717, 1.165) is 6.07 Å².